The van der Waals surface area contributed by atoms with Crippen molar-refractivity contribution in [1.29, 1.82) is 5.26 Å². The Bertz CT molecular complexity index is 1080. The third-order valence-corrected chi connectivity index (χ3v) is 4.31. The molecule has 2 heterocycles. The molecule has 10 heteroatoms. The summed E-state index contributed by atoms with van der Waals surface area (Å²) in [6.07, 6.45) is 0. The summed E-state index contributed by atoms with van der Waals surface area (Å²) in [5, 5.41) is 13.9. The van der Waals surface area contributed by atoms with Gasteiger partial charge in [-0.05, 0) is 17.7 Å². The van der Waals surface area contributed by atoms with Gasteiger partial charge in [-0.2, -0.15) is 5.26 Å². The van der Waals surface area contributed by atoms with Gasteiger partial charge in [-0.25, -0.2) is 9.59 Å². The first-order valence-electron chi connectivity index (χ1n) is 7.94. The summed E-state index contributed by atoms with van der Waals surface area (Å²) in [6.45, 7) is -0.148. The Labute approximate surface area is 153 Å². The highest BCUT2D eigenvalue weighted by Gasteiger charge is 2.32. The molecule has 0 saturated carbocycles. The number of urea groups is 1. The van der Waals surface area contributed by atoms with Gasteiger partial charge in [0.2, 0.25) is 0 Å². The van der Waals surface area contributed by atoms with Crippen LogP contribution in [0.15, 0.2) is 27.8 Å². The number of ether oxygens (including phenoxy) is 2. The van der Waals surface area contributed by atoms with Gasteiger partial charge >= 0.3 is 11.7 Å². The Hall–Kier alpha value is -3.74. The third kappa shape index (κ3) is 2.99. The number of nitriles is 1. The van der Waals surface area contributed by atoms with Crippen LogP contribution in [0.3, 0.4) is 0 Å². The summed E-state index contributed by atoms with van der Waals surface area (Å²) in [6, 6.07) is 5.38. The molecular weight excluding hydrogens is 354 g/mol. The zero-order valence-corrected chi connectivity index (χ0v) is 14.9. The average Bonchev–Trinajstić information content (AvgIpc) is 2.68. The quantitative estimate of drug-likeness (QED) is 0.791. The fourth-order valence-corrected chi connectivity index (χ4v) is 2.97. The molecule has 1 atom stereocenters. The second-order valence-corrected chi connectivity index (χ2v) is 5.86. The molecule has 0 saturated heterocycles. The van der Waals surface area contributed by atoms with Gasteiger partial charge in [-0.3, -0.25) is 19.2 Å². The molecule has 0 bridgehead atoms. The summed E-state index contributed by atoms with van der Waals surface area (Å²) in [7, 11) is 4.29. The van der Waals surface area contributed by atoms with Crippen molar-refractivity contribution < 1.29 is 14.3 Å². The number of rotatable bonds is 4. The molecule has 2 N–H and O–H groups in total. The molecule has 27 heavy (non-hydrogen) atoms. The lowest BCUT2D eigenvalue weighted by molar-refractivity contribution is 0.248. The monoisotopic (exact) mass is 371 g/mol. The topological polar surface area (TPSA) is 127 Å². The van der Waals surface area contributed by atoms with Crippen LogP contribution in [-0.2, 0) is 14.1 Å². The highest BCUT2D eigenvalue weighted by molar-refractivity contribution is 5.92. The number of fused-ring (bicyclic) bond motifs is 1. The van der Waals surface area contributed by atoms with Crippen LogP contribution in [0.4, 0.5) is 10.6 Å². The first kappa shape index (κ1) is 18.1. The molecule has 140 valence electrons. The van der Waals surface area contributed by atoms with Gasteiger partial charge in [0.25, 0.3) is 5.56 Å². The predicted octanol–water partition coefficient (Wildman–Crippen LogP) is 0.219. The Kier molecular flexibility index (Phi) is 4.60. The minimum atomic E-state index is -0.793. The summed E-state index contributed by atoms with van der Waals surface area (Å²) in [4.78, 5) is 36.9. The van der Waals surface area contributed by atoms with E-state index in [1.807, 2.05) is 6.07 Å². The van der Waals surface area contributed by atoms with Crippen LogP contribution in [0.1, 0.15) is 17.2 Å². The fourth-order valence-electron chi connectivity index (χ4n) is 2.97. The maximum atomic E-state index is 12.7. The maximum Gasteiger partial charge on any atom is 0.332 e. The van der Waals surface area contributed by atoms with Gasteiger partial charge in [0.05, 0.1) is 18.7 Å². The fraction of sp³-hybridized carbons (Fsp3) is 0.294. The lowest BCUT2D eigenvalue weighted by atomic mass is 9.98. The van der Waals surface area contributed by atoms with E-state index in [1.165, 1.54) is 25.8 Å². The number of amides is 2. The number of hydrogen-bond acceptors (Lipinski definition) is 6. The van der Waals surface area contributed by atoms with Crippen LogP contribution in [0.2, 0.25) is 0 Å². The summed E-state index contributed by atoms with van der Waals surface area (Å²) in [5.74, 6) is 0.844. The lowest BCUT2D eigenvalue weighted by Crippen LogP contribution is -2.49. The molecule has 2 aromatic rings. The molecule has 1 aromatic heterocycles. The molecule has 0 radical (unpaired) electrons. The molecule has 0 fully saturated rings. The van der Waals surface area contributed by atoms with Crippen molar-refractivity contribution in [3.8, 4) is 17.6 Å². The lowest BCUT2D eigenvalue weighted by Gasteiger charge is -2.28. The SMILES string of the molecule is COc1cc([C@@H]2NC(=O)Nc3c2c(=O)n(C)c(=O)n3C)ccc1OCC#N. The molecule has 0 aliphatic carbocycles. The Morgan fingerprint density at radius 2 is 1.93 bits per heavy atom. The Balaban J connectivity index is 2.18. The standard InChI is InChI=1S/C17H17N5O5/c1-21-14-12(15(23)22(2)17(21)25)13(19-16(24)20-14)9-4-5-10(27-7-6-18)11(8-9)26-3/h4-5,8,13H,7H2,1-3H3,(H2,19,20,24)/t13-/m0/s1. The van der Waals surface area contributed by atoms with Gasteiger partial charge in [-0.1, -0.05) is 6.07 Å². The van der Waals surface area contributed by atoms with Crippen LogP contribution in [0.25, 0.3) is 0 Å². The molecule has 0 unspecified atom stereocenters. The molecule has 2 amide bonds. The first-order chi connectivity index (χ1) is 12.9. The number of anilines is 1. The highest BCUT2D eigenvalue weighted by atomic mass is 16.5. The van der Waals surface area contributed by atoms with E-state index in [2.05, 4.69) is 10.6 Å². The van der Waals surface area contributed by atoms with Crippen molar-refractivity contribution in [3.63, 3.8) is 0 Å². The van der Waals surface area contributed by atoms with E-state index in [9.17, 15) is 14.4 Å². The zero-order chi connectivity index (χ0) is 19.7. The number of aromatic nitrogens is 2. The summed E-state index contributed by atoms with van der Waals surface area (Å²) < 4.78 is 12.8. The van der Waals surface area contributed by atoms with Crippen molar-refractivity contribution in [3.05, 3.63) is 50.2 Å². The molecule has 1 aliphatic heterocycles. The third-order valence-electron chi connectivity index (χ3n) is 4.31. The van der Waals surface area contributed by atoms with Crippen molar-refractivity contribution in [2.75, 3.05) is 19.0 Å². The van der Waals surface area contributed by atoms with Crippen LogP contribution < -0.4 is 31.4 Å². The normalized spacial score (nSPS) is 15.2. The van der Waals surface area contributed by atoms with E-state index in [1.54, 1.807) is 18.2 Å². The molecule has 1 aromatic carbocycles. The zero-order valence-electron chi connectivity index (χ0n) is 14.9. The van der Waals surface area contributed by atoms with Crippen LogP contribution in [0.5, 0.6) is 11.5 Å². The largest absolute Gasteiger partial charge is 0.493 e. The van der Waals surface area contributed by atoms with E-state index >= 15 is 0 Å². The average molecular weight is 371 g/mol. The second kappa shape index (κ2) is 6.87. The number of nitrogens with one attached hydrogen (secondary N) is 2. The van der Waals surface area contributed by atoms with Crippen molar-refractivity contribution in [1.82, 2.24) is 14.5 Å². The van der Waals surface area contributed by atoms with Gasteiger partial charge in [0.15, 0.2) is 18.1 Å². The van der Waals surface area contributed by atoms with E-state index in [0.717, 1.165) is 4.57 Å². The van der Waals surface area contributed by atoms with Crippen molar-refractivity contribution >= 4 is 11.8 Å². The van der Waals surface area contributed by atoms with Crippen molar-refractivity contribution in [2.24, 2.45) is 14.1 Å². The predicted molar refractivity (Wildman–Crippen MR) is 95.0 cm³/mol. The number of nitrogens with zero attached hydrogens (tertiary/aromatic N) is 3. The van der Waals surface area contributed by atoms with Gasteiger partial charge in [0.1, 0.15) is 11.9 Å². The minimum absolute atomic E-state index is 0.139. The Morgan fingerprint density at radius 3 is 2.59 bits per heavy atom. The molecule has 1 aliphatic rings. The molecule has 0 spiro atoms. The van der Waals surface area contributed by atoms with Gasteiger partial charge < -0.3 is 14.8 Å². The molecule has 3 rings (SSSR count). The van der Waals surface area contributed by atoms with Crippen LogP contribution in [0, 0.1) is 11.3 Å². The highest BCUT2D eigenvalue weighted by Crippen LogP contribution is 2.34. The second-order valence-electron chi connectivity index (χ2n) is 5.86. The summed E-state index contributed by atoms with van der Waals surface area (Å²) in [5.41, 5.74) is -0.276. The number of hydrogen-bond donors (Lipinski definition) is 2. The number of carbonyl (C=O) groups is 1. The number of benzene rings is 1. The summed E-state index contributed by atoms with van der Waals surface area (Å²) >= 11 is 0. The molecular formula is C17H17N5O5. The molecule has 10 nitrogen and oxygen atoms in total. The Morgan fingerprint density at radius 1 is 1.19 bits per heavy atom. The minimum Gasteiger partial charge on any atom is -0.493 e. The maximum absolute atomic E-state index is 12.7. The van der Waals surface area contributed by atoms with E-state index in [-0.39, 0.29) is 18.0 Å². The van der Waals surface area contributed by atoms with E-state index in [4.69, 9.17) is 14.7 Å². The first-order valence-corrected chi connectivity index (χ1v) is 7.94. The van der Waals surface area contributed by atoms with Gasteiger partial charge in [-0.15, -0.1) is 0 Å². The number of methoxy groups -OCH3 is 1. The smallest absolute Gasteiger partial charge is 0.332 e. The van der Waals surface area contributed by atoms with Crippen LogP contribution in [-0.4, -0.2) is 28.9 Å². The van der Waals surface area contributed by atoms with E-state index in [0.29, 0.717) is 17.1 Å². The number of carbonyl (C=O) groups excluding carboxylic acids is 1. The van der Waals surface area contributed by atoms with Crippen LogP contribution >= 0.6 is 0 Å². The van der Waals surface area contributed by atoms with Crippen molar-refractivity contribution in [2.45, 2.75) is 6.04 Å². The van der Waals surface area contributed by atoms with E-state index < -0.39 is 23.3 Å². The van der Waals surface area contributed by atoms with Gasteiger partial charge in [0, 0.05) is 14.1 Å².